The molecule has 5 aromatic rings. The molecule has 6 nitrogen and oxygen atoms in total. The van der Waals surface area contributed by atoms with Crippen LogP contribution < -0.4 is 5.56 Å². The first-order valence-corrected chi connectivity index (χ1v) is 11.3. The molecule has 7 heteroatoms. The zero-order valence-electron chi connectivity index (χ0n) is 18.8. The van der Waals surface area contributed by atoms with Gasteiger partial charge in [-0.2, -0.15) is 5.26 Å². The van der Waals surface area contributed by atoms with Crippen LogP contribution in [0, 0.1) is 11.3 Å². The molecule has 0 atom stereocenters. The zero-order chi connectivity index (χ0) is 24.5. The van der Waals surface area contributed by atoms with Gasteiger partial charge < -0.3 is 9.13 Å². The van der Waals surface area contributed by atoms with E-state index in [0.29, 0.717) is 34.0 Å². The Kier molecular flexibility index (Phi) is 5.77. The van der Waals surface area contributed by atoms with Crippen LogP contribution in [0.1, 0.15) is 27.2 Å². The number of nitriles is 1. The van der Waals surface area contributed by atoms with Gasteiger partial charge in [-0.1, -0.05) is 35.9 Å². The average molecular weight is 479 g/mol. The Labute approximate surface area is 206 Å². The summed E-state index contributed by atoms with van der Waals surface area (Å²) in [7, 11) is 1.71. The van der Waals surface area contributed by atoms with Crippen molar-refractivity contribution < 1.29 is 4.79 Å². The maximum absolute atomic E-state index is 13.5. The number of hydrogen-bond acceptors (Lipinski definition) is 4. The summed E-state index contributed by atoms with van der Waals surface area (Å²) in [5.41, 5.74) is 4.55. The Morgan fingerprint density at radius 2 is 1.86 bits per heavy atom. The van der Waals surface area contributed by atoms with Gasteiger partial charge >= 0.3 is 0 Å². The molecule has 0 unspecified atom stereocenters. The summed E-state index contributed by atoms with van der Waals surface area (Å²) >= 11 is 6.20. The van der Waals surface area contributed by atoms with E-state index in [4.69, 9.17) is 16.9 Å². The SMILES string of the molecule is Cn1c(=O)cc(-c2cccc(Cl)c2)c2cc(C(=O)c3cncn3Cc3ccc(C#N)cc3)ccc21. The van der Waals surface area contributed by atoms with E-state index in [9.17, 15) is 9.59 Å². The minimum Gasteiger partial charge on any atom is -0.323 e. The van der Waals surface area contributed by atoms with Gasteiger partial charge in [0.15, 0.2) is 0 Å². The predicted octanol–water partition coefficient (Wildman–Crippen LogP) is 5.21. The van der Waals surface area contributed by atoms with E-state index < -0.39 is 0 Å². The maximum atomic E-state index is 13.5. The number of aromatic nitrogens is 3. The van der Waals surface area contributed by atoms with Crippen molar-refractivity contribution in [1.29, 1.82) is 5.26 Å². The van der Waals surface area contributed by atoms with Gasteiger partial charge in [0.05, 0.1) is 29.7 Å². The third kappa shape index (κ3) is 4.25. The van der Waals surface area contributed by atoms with Crippen molar-refractivity contribution in [3.8, 4) is 17.2 Å². The molecular weight excluding hydrogens is 460 g/mol. The Hall–Kier alpha value is -4.47. The summed E-state index contributed by atoms with van der Waals surface area (Å²) < 4.78 is 3.35. The van der Waals surface area contributed by atoms with Gasteiger partial charge in [-0.25, -0.2) is 4.98 Å². The predicted molar refractivity (Wildman–Crippen MR) is 136 cm³/mol. The standard InChI is InChI=1S/C28H19ClN4O2/c1-32-25-10-9-21(12-24(25)23(13-27(32)34)20-3-2-4-22(29)11-20)28(35)26-15-31-17-33(26)16-19-7-5-18(14-30)6-8-19/h2-13,15,17H,16H2,1H3. The highest BCUT2D eigenvalue weighted by Crippen LogP contribution is 2.30. The molecule has 0 fully saturated rings. The molecule has 3 aromatic carbocycles. The van der Waals surface area contributed by atoms with Crippen molar-refractivity contribution in [2.24, 2.45) is 7.05 Å². The zero-order valence-corrected chi connectivity index (χ0v) is 19.5. The monoisotopic (exact) mass is 478 g/mol. The van der Waals surface area contributed by atoms with Crippen LogP contribution in [0.3, 0.4) is 0 Å². The first-order valence-electron chi connectivity index (χ1n) is 10.9. The van der Waals surface area contributed by atoms with Gasteiger partial charge in [0.1, 0.15) is 5.69 Å². The fourth-order valence-electron chi connectivity index (χ4n) is 4.16. The molecule has 0 spiro atoms. The van der Waals surface area contributed by atoms with Crippen LogP contribution in [0.25, 0.3) is 22.0 Å². The van der Waals surface area contributed by atoms with E-state index in [1.54, 1.807) is 71.2 Å². The van der Waals surface area contributed by atoms with Crippen LogP contribution in [-0.4, -0.2) is 19.9 Å². The highest BCUT2D eigenvalue weighted by Gasteiger charge is 2.17. The Morgan fingerprint density at radius 3 is 2.60 bits per heavy atom. The minimum atomic E-state index is -0.177. The van der Waals surface area contributed by atoms with Gasteiger partial charge in [-0.15, -0.1) is 0 Å². The molecule has 0 saturated heterocycles. The molecule has 0 saturated carbocycles. The smallest absolute Gasteiger partial charge is 0.251 e. The number of halogens is 1. The summed E-state index contributed by atoms with van der Waals surface area (Å²) in [5, 5.41) is 10.3. The number of nitrogens with zero attached hydrogens (tertiary/aromatic N) is 4. The van der Waals surface area contributed by atoms with Crippen molar-refractivity contribution in [2.75, 3.05) is 0 Å². The first-order chi connectivity index (χ1) is 16.9. The van der Waals surface area contributed by atoms with E-state index in [0.717, 1.165) is 22.0 Å². The minimum absolute atomic E-state index is 0.146. The molecule has 2 heterocycles. The van der Waals surface area contributed by atoms with Gasteiger partial charge in [-0.3, -0.25) is 9.59 Å². The van der Waals surface area contributed by atoms with E-state index in [-0.39, 0.29) is 11.3 Å². The molecule has 35 heavy (non-hydrogen) atoms. The molecule has 5 rings (SSSR count). The number of fused-ring (bicyclic) bond motifs is 1. The summed E-state index contributed by atoms with van der Waals surface area (Å²) in [6.07, 6.45) is 3.17. The molecule has 2 aromatic heterocycles. The number of aryl methyl sites for hydroxylation is 1. The Balaban J connectivity index is 1.57. The van der Waals surface area contributed by atoms with Crippen molar-refractivity contribution in [3.63, 3.8) is 0 Å². The van der Waals surface area contributed by atoms with Crippen LogP contribution in [0.2, 0.25) is 5.02 Å². The molecule has 0 radical (unpaired) electrons. The van der Waals surface area contributed by atoms with Gasteiger partial charge in [0.25, 0.3) is 5.56 Å². The van der Waals surface area contributed by atoms with E-state index in [1.165, 1.54) is 0 Å². The molecule has 170 valence electrons. The van der Waals surface area contributed by atoms with Gasteiger partial charge in [0.2, 0.25) is 5.78 Å². The lowest BCUT2D eigenvalue weighted by Gasteiger charge is -2.13. The van der Waals surface area contributed by atoms with E-state index in [2.05, 4.69) is 11.1 Å². The second kappa shape index (κ2) is 9.05. The summed E-state index contributed by atoms with van der Waals surface area (Å²) in [4.78, 5) is 30.3. The number of rotatable bonds is 5. The Bertz CT molecular complexity index is 1690. The third-order valence-corrected chi connectivity index (χ3v) is 6.26. The second-order valence-electron chi connectivity index (χ2n) is 8.24. The molecule has 0 aliphatic rings. The number of carbonyl (C=O) groups excluding carboxylic acids is 1. The number of hydrogen-bond donors (Lipinski definition) is 0. The maximum Gasteiger partial charge on any atom is 0.251 e. The largest absolute Gasteiger partial charge is 0.323 e. The van der Waals surface area contributed by atoms with Crippen molar-refractivity contribution in [1.82, 2.24) is 14.1 Å². The quantitative estimate of drug-likeness (QED) is 0.325. The molecule has 0 aliphatic carbocycles. The lowest BCUT2D eigenvalue weighted by molar-refractivity contribution is 0.103. The van der Waals surface area contributed by atoms with E-state index >= 15 is 0 Å². The molecule has 0 amide bonds. The number of imidazole rings is 1. The average Bonchev–Trinajstić information content (AvgIpc) is 3.34. The lowest BCUT2D eigenvalue weighted by atomic mass is 9.98. The Morgan fingerprint density at radius 1 is 1.06 bits per heavy atom. The molecule has 0 N–H and O–H groups in total. The molecule has 0 bridgehead atoms. The summed E-state index contributed by atoms with van der Waals surface area (Å²) in [6, 6.07) is 23.5. The van der Waals surface area contributed by atoms with Crippen LogP contribution in [0.15, 0.2) is 90.1 Å². The fourth-order valence-corrected chi connectivity index (χ4v) is 4.35. The number of benzene rings is 3. The highest BCUT2D eigenvalue weighted by atomic mass is 35.5. The third-order valence-electron chi connectivity index (χ3n) is 6.03. The van der Waals surface area contributed by atoms with Crippen LogP contribution in [0.4, 0.5) is 0 Å². The van der Waals surface area contributed by atoms with Crippen molar-refractivity contribution in [3.05, 3.63) is 123 Å². The van der Waals surface area contributed by atoms with Gasteiger partial charge in [-0.05, 0) is 59.2 Å². The summed E-state index contributed by atoms with van der Waals surface area (Å²) in [6.45, 7) is 0.447. The topological polar surface area (TPSA) is 80.7 Å². The van der Waals surface area contributed by atoms with E-state index in [1.807, 2.05) is 30.3 Å². The highest BCUT2D eigenvalue weighted by molar-refractivity contribution is 6.31. The van der Waals surface area contributed by atoms with Gasteiger partial charge in [0, 0.05) is 35.6 Å². The number of pyridine rings is 1. The van der Waals surface area contributed by atoms with Crippen LogP contribution in [-0.2, 0) is 13.6 Å². The molecule has 0 aliphatic heterocycles. The van der Waals surface area contributed by atoms with Crippen molar-refractivity contribution >= 4 is 28.3 Å². The number of ketones is 1. The molecular formula is C28H19ClN4O2. The summed E-state index contributed by atoms with van der Waals surface area (Å²) in [5.74, 6) is -0.177. The fraction of sp³-hybridized carbons (Fsp3) is 0.0714. The number of carbonyl (C=O) groups is 1. The van der Waals surface area contributed by atoms with Crippen LogP contribution >= 0.6 is 11.6 Å². The lowest BCUT2D eigenvalue weighted by Crippen LogP contribution is -2.17. The van der Waals surface area contributed by atoms with Crippen LogP contribution in [0.5, 0.6) is 0 Å². The normalized spacial score (nSPS) is 10.9. The first kappa shape index (κ1) is 22.3. The van der Waals surface area contributed by atoms with Crippen molar-refractivity contribution in [2.45, 2.75) is 6.54 Å². The second-order valence-corrected chi connectivity index (χ2v) is 8.68.